The first kappa shape index (κ1) is 11.9. The topological polar surface area (TPSA) is 42.1 Å². The largest absolute Gasteiger partial charge is 0.397 e. The number of hydrogen-bond acceptors (Lipinski definition) is 4. The Labute approximate surface area is 106 Å². The Morgan fingerprint density at radius 3 is 2.76 bits per heavy atom. The van der Waals surface area contributed by atoms with E-state index in [1.54, 1.807) is 11.3 Å². The molecule has 0 aliphatic carbocycles. The standard InChI is InChI=1S/C13H17N3S/c1-3-16(9-11-5-4-8-17-11)13-7-6-12(14)10(2)15-13/h4-8H,3,9,14H2,1-2H3. The van der Waals surface area contributed by atoms with E-state index < -0.39 is 0 Å². The number of thiophene rings is 1. The van der Waals surface area contributed by atoms with E-state index >= 15 is 0 Å². The number of nitrogen functional groups attached to an aromatic ring is 1. The summed E-state index contributed by atoms with van der Waals surface area (Å²) >= 11 is 1.77. The number of nitrogens with two attached hydrogens (primary N) is 1. The molecule has 0 bridgehead atoms. The lowest BCUT2D eigenvalue weighted by Crippen LogP contribution is -2.22. The van der Waals surface area contributed by atoms with E-state index in [1.807, 2.05) is 19.1 Å². The van der Waals surface area contributed by atoms with Gasteiger partial charge in [0, 0.05) is 11.4 Å². The molecule has 0 saturated heterocycles. The van der Waals surface area contributed by atoms with E-state index in [2.05, 4.69) is 34.3 Å². The van der Waals surface area contributed by atoms with Crippen molar-refractivity contribution >= 4 is 22.8 Å². The minimum absolute atomic E-state index is 0.751. The molecule has 0 aromatic carbocycles. The van der Waals surface area contributed by atoms with Crippen LogP contribution in [0.1, 0.15) is 17.5 Å². The minimum Gasteiger partial charge on any atom is -0.397 e. The molecular formula is C13H17N3S. The van der Waals surface area contributed by atoms with Gasteiger partial charge in [-0.15, -0.1) is 11.3 Å². The van der Waals surface area contributed by atoms with Crippen LogP contribution in [-0.4, -0.2) is 11.5 Å². The van der Waals surface area contributed by atoms with Crippen molar-refractivity contribution in [3.05, 3.63) is 40.2 Å². The fourth-order valence-corrected chi connectivity index (χ4v) is 2.40. The van der Waals surface area contributed by atoms with E-state index in [0.717, 1.165) is 30.3 Å². The summed E-state index contributed by atoms with van der Waals surface area (Å²) in [6.07, 6.45) is 0. The third kappa shape index (κ3) is 2.77. The van der Waals surface area contributed by atoms with Gasteiger partial charge in [0.2, 0.25) is 0 Å². The molecule has 90 valence electrons. The highest BCUT2D eigenvalue weighted by molar-refractivity contribution is 7.09. The van der Waals surface area contributed by atoms with Crippen molar-refractivity contribution in [2.24, 2.45) is 0 Å². The third-order valence-electron chi connectivity index (χ3n) is 2.74. The van der Waals surface area contributed by atoms with Crippen LogP contribution in [0.4, 0.5) is 11.5 Å². The van der Waals surface area contributed by atoms with E-state index in [1.165, 1.54) is 4.88 Å². The molecule has 2 N–H and O–H groups in total. The lowest BCUT2D eigenvalue weighted by molar-refractivity contribution is 0.820. The van der Waals surface area contributed by atoms with Crippen LogP contribution in [0.15, 0.2) is 29.6 Å². The van der Waals surface area contributed by atoms with E-state index in [-0.39, 0.29) is 0 Å². The van der Waals surface area contributed by atoms with Gasteiger partial charge in [0.15, 0.2) is 0 Å². The molecule has 0 spiro atoms. The first-order valence-electron chi connectivity index (χ1n) is 5.71. The molecule has 0 fully saturated rings. The number of rotatable bonds is 4. The molecule has 2 heterocycles. The van der Waals surface area contributed by atoms with Gasteiger partial charge in [0.1, 0.15) is 5.82 Å². The van der Waals surface area contributed by atoms with Gasteiger partial charge in [0.25, 0.3) is 0 Å². The summed E-state index contributed by atoms with van der Waals surface area (Å²) in [7, 11) is 0. The molecule has 2 aromatic rings. The lowest BCUT2D eigenvalue weighted by Gasteiger charge is -2.21. The maximum atomic E-state index is 5.79. The van der Waals surface area contributed by atoms with Gasteiger partial charge in [-0.2, -0.15) is 0 Å². The van der Waals surface area contributed by atoms with Crippen molar-refractivity contribution in [2.45, 2.75) is 20.4 Å². The number of anilines is 2. The molecule has 4 heteroatoms. The Kier molecular flexibility index (Phi) is 3.64. The van der Waals surface area contributed by atoms with Crippen LogP contribution in [0, 0.1) is 6.92 Å². The SMILES string of the molecule is CCN(Cc1cccs1)c1ccc(N)c(C)n1. The fourth-order valence-electron chi connectivity index (χ4n) is 1.68. The molecule has 0 atom stereocenters. The highest BCUT2D eigenvalue weighted by Gasteiger charge is 2.08. The molecule has 2 rings (SSSR count). The van der Waals surface area contributed by atoms with Crippen LogP contribution in [0.5, 0.6) is 0 Å². The van der Waals surface area contributed by atoms with Crippen molar-refractivity contribution < 1.29 is 0 Å². The second kappa shape index (κ2) is 5.19. The fraction of sp³-hybridized carbons (Fsp3) is 0.308. The molecule has 0 aliphatic rings. The van der Waals surface area contributed by atoms with Gasteiger partial charge >= 0.3 is 0 Å². The summed E-state index contributed by atoms with van der Waals surface area (Å²) < 4.78 is 0. The molecule has 3 nitrogen and oxygen atoms in total. The van der Waals surface area contributed by atoms with Crippen molar-refractivity contribution in [2.75, 3.05) is 17.2 Å². The van der Waals surface area contributed by atoms with Crippen LogP contribution >= 0.6 is 11.3 Å². The predicted octanol–water partition coefficient (Wildman–Crippen LogP) is 3.06. The zero-order valence-corrected chi connectivity index (χ0v) is 11.0. The summed E-state index contributed by atoms with van der Waals surface area (Å²) in [5.74, 6) is 0.993. The van der Waals surface area contributed by atoms with Crippen molar-refractivity contribution in [3.8, 4) is 0 Å². The molecule has 0 aliphatic heterocycles. The zero-order valence-electron chi connectivity index (χ0n) is 10.2. The Morgan fingerprint density at radius 1 is 1.35 bits per heavy atom. The second-order valence-electron chi connectivity index (χ2n) is 3.94. The van der Waals surface area contributed by atoms with Crippen LogP contribution < -0.4 is 10.6 Å². The maximum Gasteiger partial charge on any atom is 0.129 e. The number of pyridine rings is 1. The number of hydrogen-bond donors (Lipinski definition) is 1. The van der Waals surface area contributed by atoms with Gasteiger partial charge in [-0.25, -0.2) is 4.98 Å². The lowest BCUT2D eigenvalue weighted by atomic mass is 10.3. The quantitative estimate of drug-likeness (QED) is 0.903. The molecule has 0 unspecified atom stereocenters. The summed E-state index contributed by atoms with van der Waals surface area (Å²) in [5.41, 5.74) is 7.43. The van der Waals surface area contributed by atoms with E-state index in [9.17, 15) is 0 Å². The minimum atomic E-state index is 0.751. The Bertz CT molecular complexity index is 479. The van der Waals surface area contributed by atoms with Crippen molar-refractivity contribution in [3.63, 3.8) is 0 Å². The molecule has 2 aromatic heterocycles. The maximum absolute atomic E-state index is 5.79. The predicted molar refractivity (Wildman–Crippen MR) is 74.4 cm³/mol. The van der Waals surface area contributed by atoms with Gasteiger partial charge in [-0.05, 0) is 37.4 Å². The monoisotopic (exact) mass is 247 g/mol. The van der Waals surface area contributed by atoms with Gasteiger partial charge < -0.3 is 10.6 Å². The van der Waals surface area contributed by atoms with Crippen LogP contribution in [0.2, 0.25) is 0 Å². The average Bonchev–Trinajstić information content (AvgIpc) is 2.82. The zero-order chi connectivity index (χ0) is 12.3. The molecule has 0 radical (unpaired) electrons. The van der Waals surface area contributed by atoms with Gasteiger partial charge in [0.05, 0.1) is 17.9 Å². The summed E-state index contributed by atoms with van der Waals surface area (Å²) in [6.45, 7) is 5.93. The normalized spacial score (nSPS) is 10.5. The third-order valence-corrected chi connectivity index (χ3v) is 3.61. The van der Waals surface area contributed by atoms with E-state index in [0.29, 0.717) is 0 Å². The molecule has 0 saturated carbocycles. The van der Waals surface area contributed by atoms with Crippen LogP contribution in [-0.2, 0) is 6.54 Å². The molecular weight excluding hydrogens is 230 g/mol. The molecule has 0 amide bonds. The van der Waals surface area contributed by atoms with Gasteiger partial charge in [-0.1, -0.05) is 6.07 Å². The van der Waals surface area contributed by atoms with E-state index in [4.69, 9.17) is 5.73 Å². The second-order valence-corrected chi connectivity index (χ2v) is 4.97. The summed E-state index contributed by atoms with van der Waals surface area (Å²) in [6, 6.07) is 8.14. The highest BCUT2D eigenvalue weighted by Crippen LogP contribution is 2.19. The number of aryl methyl sites for hydroxylation is 1. The Hall–Kier alpha value is -1.55. The Balaban J connectivity index is 2.20. The summed E-state index contributed by atoms with van der Waals surface area (Å²) in [4.78, 5) is 8.13. The smallest absolute Gasteiger partial charge is 0.129 e. The first-order valence-corrected chi connectivity index (χ1v) is 6.59. The average molecular weight is 247 g/mol. The number of aromatic nitrogens is 1. The number of nitrogens with zero attached hydrogens (tertiary/aromatic N) is 2. The molecule has 17 heavy (non-hydrogen) atoms. The van der Waals surface area contributed by atoms with Crippen LogP contribution in [0.25, 0.3) is 0 Å². The van der Waals surface area contributed by atoms with Crippen molar-refractivity contribution in [1.29, 1.82) is 0 Å². The Morgan fingerprint density at radius 2 is 2.18 bits per heavy atom. The first-order chi connectivity index (χ1) is 8.20. The highest BCUT2D eigenvalue weighted by atomic mass is 32.1. The van der Waals surface area contributed by atoms with Gasteiger partial charge in [-0.3, -0.25) is 0 Å². The summed E-state index contributed by atoms with van der Waals surface area (Å²) in [5, 5.41) is 2.10. The van der Waals surface area contributed by atoms with Crippen molar-refractivity contribution in [1.82, 2.24) is 4.98 Å². The van der Waals surface area contributed by atoms with Crippen LogP contribution in [0.3, 0.4) is 0 Å².